The number of hydrogen-bond donors (Lipinski definition) is 1. The Morgan fingerprint density at radius 3 is 2.50 bits per heavy atom. The molecule has 2 rings (SSSR count). The minimum absolute atomic E-state index is 0.243. The first-order valence-electron chi connectivity index (χ1n) is 5.81. The highest BCUT2D eigenvalue weighted by Crippen LogP contribution is 2.26. The van der Waals surface area contributed by atoms with Gasteiger partial charge in [0.15, 0.2) is 0 Å². The summed E-state index contributed by atoms with van der Waals surface area (Å²) >= 11 is 0. The van der Waals surface area contributed by atoms with Gasteiger partial charge in [-0.25, -0.2) is 8.78 Å². The third kappa shape index (κ3) is 2.57. The van der Waals surface area contributed by atoms with Crippen molar-refractivity contribution in [3.8, 4) is 11.1 Å². The van der Waals surface area contributed by atoms with Crippen LogP contribution in [0.2, 0.25) is 0 Å². The van der Waals surface area contributed by atoms with Gasteiger partial charge in [0.05, 0.1) is 0 Å². The highest BCUT2D eigenvalue weighted by molar-refractivity contribution is 5.67. The van der Waals surface area contributed by atoms with Crippen LogP contribution in [0.5, 0.6) is 0 Å². The van der Waals surface area contributed by atoms with Crippen molar-refractivity contribution < 1.29 is 8.78 Å². The molecule has 0 bridgehead atoms. The Morgan fingerprint density at radius 2 is 1.83 bits per heavy atom. The normalized spacial score (nSPS) is 10.7. The van der Waals surface area contributed by atoms with Crippen LogP contribution in [0.15, 0.2) is 36.4 Å². The highest BCUT2D eigenvalue weighted by atomic mass is 19.1. The maximum atomic E-state index is 13.6. The quantitative estimate of drug-likeness (QED) is 0.872. The molecule has 0 spiro atoms. The topological polar surface area (TPSA) is 12.0 Å². The average Bonchev–Trinajstić information content (AvgIpc) is 2.34. The van der Waals surface area contributed by atoms with E-state index in [2.05, 4.69) is 5.32 Å². The fourth-order valence-corrected chi connectivity index (χ4v) is 1.94. The summed E-state index contributed by atoms with van der Waals surface area (Å²) in [7, 11) is 1.80. The third-order valence-corrected chi connectivity index (χ3v) is 2.92. The highest BCUT2D eigenvalue weighted by Gasteiger charge is 2.08. The van der Waals surface area contributed by atoms with Gasteiger partial charge in [0.1, 0.15) is 11.6 Å². The SMILES string of the molecule is CNCc1cc(F)ccc1-c1ccc(C)c(F)c1. The van der Waals surface area contributed by atoms with Crippen LogP contribution in [0.25, 0.3) is 11.1 Å². The first kappa shape index (κ1) is 12.7. The average molecular weight is 247 g/mol. The molecule has 0 aromatic heterocycles. The van der Waals surface area contributed by atoms with E-state index in [1.54, 1.807) is 26.1 Å². The van der Waals surface area contributed by atoms with Crippen LogP contribution < -0.4 is 5.32 Å². The zero-order valence-corrected chi connectivity index (χ0v) is 10.4. The Labute approximate surface area is 105 Å². The van der Waals surface area contributed by atoms with Gasteiger partial charge in [0, 0.05) is 6.54 Å². The molecule has 0 unspecified atom stereocenters. The molecular weight excluding hydrogens is 232 g/mol. The maximum Gasteiger partial charge on any atom is 0.126 e. The number of hydrogen-bond acceptors (Lipinski definition) is 1. The Bertz CT molecular complexity index is 564. The zero-order valence-electron chi connectivity index (χ0n) is 10.4. The number of halogens is 2. The second kappa shape index (κ2) is 5.27. The number of aryl methyl sites for hydroxylation is 1. The van der Waals surface area contributed by atoms with Crippen LogP contribution >= 0.6 is 0 Å². The molecule has 0 heterocycles. The lowest BCUT2D eigenvalue weighted by Gasteiger charge is -2.10. The first-order chi connectivity index (χ1) is 8.61. The van der Waals surface area contributed by atoms with E-state index >= 15 is 0 Å². The summed E-state index contributed by atoms with van der Waals surface area (Å²) in [6.45, 7) is 2.26. The van der Waals surface area contributed by atoms with E-state index in [-0.39, 0.29) is 11.6 Å². The summed E-state index contributed by atoms with van der Waals surface area (Å²) in [4.78, 5) is 0. The maximum absolute atomic E-state index is 13.6. The van der Waals surface area contributed by atoms with E-state index in [0.717, 1.165) is 16.7 Å². The second-order valence-corrected chi connectivity index (χ2v) is 4.30. The van der Waals surface area contributed by atoms with Gasteiger partial charge in [-0.2, -0.15) is 0 Å². The molecule has 0 aliphatic rings. The van der Waals surface area contributed by atoms with Gasteiger partial charge < -0.3 is 5.32 Å². The minimum Gasteiger partial charge on any atom is -0.316 e. The molecule has 0 saturated heterocycles. The van der Waals surface area contributed by atoms with Crippen molar-refractivity contribution in [2.45, 2.75) is 13.5 Å². The largest absolute Gasteiger partial charge is 0.316 e. The lowest BCUT2D eigenvalue weighted by atomic mass is 9.98. The number of benzene rings is 2. The fraction of sp³-hybridized carbons (Fsp3) is 0.200. The van der Waals surface area contributed by atoms with Crippen LogP contribution in [0, 0.1) is 18.6 Å². The predicted molar refractivity (Wildman–Crippen MR) is 69.3 cm³/mol. The fourth-order valence-electron chi connectivity index (χ4n) is 1.94. The summed E-state index contributed by atoms with van der Waals surface area (Å²) in [6, 6.07) is 9.63. The molecular formula is C15H15F2N. The van der Waals surface area contributed by atoms with E-state index in [0.29, 0.717) is 12.1 Å². The molecule has 1 N–H and O–H groups in total. The monoisotopic (exact) mass is 247 g/mol. The minimum atomic E-state index is -0.281. The van der Waals surface area contributed by atoms with Crippen molar-refractivity contribution in [1.29, 1.82) is 0 Å². The molecule has 0 saturated carbocycles. The molecule has 0 aliphatic heterocycles. The summed E-state index contributed by atoms with van der Waals surface area (Å²) in [5.41, 5.74) is 3.05. The Hall–Kier alpha value is -1.74. The lowest BCUT2D eigenvalue weighted by Crippen LogP contribution is -2.06. The predicted octanol–water partition coefficient (Wildman–Crippen LogP) is 3.66. The van der Waals surface area contributed by atoms with Gasteiger partial charge in [-0.3, -0.25) is 0 Å². The van der Waals surface area contributed by atoms with Crippen molar-refractivity contribution in [3.63, 3.8) is 0 Å². The van der Waals surface area contributed by atoms with Crippen LogP contribution in [-0.4, -0.2) is 7.05 Å². The molecule has 1 nitrogen and oxygen atoms in total. The molecule has 0 fully saturated rings. The van der Waals surface area contributed by atoms with E-state index in [9.17, 15) is 8.78 Å². The van der Waals surface area contributed by atoms with Crippen molar-refractivity contribution in [3.05, 3.63) is 59.2 Å². The van der Waals surface area contributed by atoms with Gasteiger partial charge in [0.2, 0.25) is 0 Å². The summed E-state index contributed by atoms with van der Waals surface area (Å²) in [5.74, 6) is -0.524. The molecule has 2 aromatic rings. The smallest absolute Gasteiger partial charge is 0.126 e. The lowest BCUT2D eigenvalue weighted by molar-refractivity contribution is 0.619. The van der Waals surface area contributed by atoms with E-state index in [1.165, 1.54) is 18.2 Å². The van der Waals surface area contributed by atoms with Gasteiger partial charge >= 0.3 is 0 Å². The van der Waals surface area contributed by atoms with Crippen LogP contribution in [0.4, 0.5) is 8.78 Å². The van der Waals surface area contributed by atoms with Gasteiger partial charge in [-0.1, -0.05) is 18.2 Å². The van der Waals surface area contributed by atoms with Crippen LogP contribution in [0.3, 0.4) is 0 Å². The summed E-state index contributed by atoms with van der Waals surface area (Å²) in [5, 5.41) is 2.99. The number of rotatable bonds is 3. The van der Waals surface area contributed by atoms with Gasteiger partial charge in [-0.05, 0) is 54.4 Å². The van der Waals surface area contributed by atoms with Gasteiger partial charge in [-0.15, -0.1) is 0 Å². The van der Waals surface area contributed by atoms with E-state index in [4.69, 9.17) is 0 Å². The molecule has 0 radical (unpaired) electrons. The molecule has 0 aliphatic carbocycles. The molecule has 0 amide bonds. The molecule has 18 heavy (non-hydrogen) atoms. The van der Waals surface area contributed by atoms with Crippen molar-refractivity contribution >= 4 is 0 Å². The summed E-state index contributed by atoms with van der Waals surface area (Å²) < 4.78 is 26.8. The van der Waals surface area contributed by atoms with E-state index in [1.807, 2.05) is 6.07 Å². The van der Waals surface area contributed by atoms with Crippen LogP contribution in [0.1, 0.15) is 11.1 Å². The molecule has 0 atom stereocenters. The standard InChI is InChI=1S/C15H15F2N/c1-10-3-4-11(8-15(10)17)14-6-5-13(16)7-12(14)9-18-2/h3-8,18H,9H2,1-2H3. The Balaban J connectivity index is 2.51. The van der Waals surface area contributed by atoms with E-state index < -0.39 is 0 Å². The molecule has 3 heteroatoms. The number of nitrogens with one attached hydrogen (secondary N) is 1. The zero-order chi connectivity index (χ0) is 13.1. The van der Waals surface area contributed by atoms with Crippen LogP contribution in [-0.2, 0) is 6.54 Å². The Morgan fingerprint density at radius 1 is 1.06 bits per heavy atom. The van der Waals surface area contributed by atoms with Gasteiger partial charge in [0.25, 0.3) is 0 Å². The molecule has 94 valence electrons. The van der Waals surface area contributed by atoms with Crippen molar-refractivity contribution in [2.75, 3.05) is 7.05 Å². The molecule has 2 aromatic carbocycles. The Kier molecular flexibility index (Phi) is 3.72. The van der Waals surface area contributed by atoms with Crippen molar-refractivity contribution in [2.24, 2.45) is 0 Å². The third-order valence-electron chi connectivity index (χ3n) is 2.92. The first-order valence-corrected chi connectivity index (χ1v) is 5.81. The van der Waals surface area contributed by atoms with Crippen molar-refractivity contribution in [1.82, 2.24) is 5.32 Å². The summed E-state index contributed by atoms with van der Waals surface area (Å²) in [6.07, 6.45) is 0. The second-order valence-electron chi connectivity index (χ2n) is 4.30.